The molecule has 0 aliphatic heterocycles. The van der Waals surface area contributed by atoms with E-state index in [2.05, 4.69) is 27.5 Å². The first-order valence-electron chi connectivity index (χ1n) is 8.45. The highest BCUT2D eigenvalue weighted by Gasteiger charge is 2.33. The summed E-state index contributed by atoms with van der Waals surface area (Å²) >= 11 is 1.04. The summed E-state index contributed by atoms with van der Waals surface area (Å²) in [6.07, 6.45) is 0.748. The van der Waals surface area contributed by atoms with E-state index in [9.17, 15) is 13.2 Å². The third-order valence-corrected chi connectivity index (χ3v) is 5.05. The fourth-order valence-corrected chi connectivity index (χ4v) is 3.53. The zero-order chi connectivity index (χ0) is 17.6. The van der Waals surface area contributed by atoms with Crippen LogP contribution in [0.1, 0.15) is 50.2 Å². The number of aromatic nitrogens is 1. The lowest BCUT2D eigenvalue weighted by Gasteiger charge is -2.28. The summed E-state index contributed by atoms with van der Waals surface area (Å²) in [5.74, 6) is 1.53. The van der Waals surface area contributed by atoms with Crippen molar-refractivity contribution >= 4 is 41.3 Å². The van der Waals surface area contributed by atoms with Gasteiger partial charge >= 0.3 is 6.18 Å². The average molecular weight is 490 g/mol. The maximum Gasteiger partial charge on any atom is 0.434 e. The van der Waals surface area contributed by atoms with Gasteiger partial charge in [-0.2, -0.15) is 13.2 Å². The van der Waals surface area contributed by atoms with Crippen LogP contribution in [0.5, 0.6) is 0 Å². The molecular formula is C16H26F3IN4S. The molecule has 0 amide bonds. The zero-order valence-electron chi connectivity index (χ0n) is 14.5. The van der Waals surface area contributed by atoms with Crippen LogP contribution in [0.2, 0.25) is 0 Å². The highest BCUT2D eigenvalue weighted by Crippen LogP contribution is 2.30. The molecule has 25 heavy (non-hydrogen) atoms. The van der Waals surface area contributed by atoms with Crippen molar-refractivity contribution in [2.75, 3.05) is 13.1 Å². The number of rotatable bonds is 5. The summed E-state index contributed by atoms with van der Waals surface area (Å²) in [5.41, 5.74) is -0.812. The van der Waals surface area contributed by atoms with Crippen LogP contribution in [0, 0.1) is 5.92 Å². The predicted octanol–water partition coefficient (Wildman–Crippen LogP) is 4.46. The third kappa shape index (κ3) is 7.67. The molecular weight excluding hydrogens is 464 g/mol. The van der Waals surface area contributed by atoms with Crippen LogP contribution in [0.25, 0.3) is 0 Å². The number of hydrogen-bond acceptors (Lipinski definition) is 3. The van der Waals surface area contributed by atoms with Crippen LogP contribution < -0.4 is 10.6 Å². The zero-order valence-corrected chi connectivity index (χ0v) is 17.7. The van der Waals surface area contributed by atoms with Gasteiger partial charge in [-0.05, 0) is 38.5 Å². The third-order valence-electron chi connectivity index (χ3n) is 4.14. The Kier molecular flexibility index (Phi) is 9.47. The Morgan fingerprint density at radius 2 is 2.00 bits per heavy atom. The van der Waals surface area contributed by atoms with E-state index >= 15 is 0 Å². The molecule has 1 aromatic rings. The Morgan fingerprint density at radius 3 is 2.56 bits per heavy atom. The minimum absolute atomic E-state index is 0. The number of aliphatic imine (C=N–C) groups is 1. The molecule has 0 unspecified atom stereocenters. The summed E-state index contributed by atoms with van der Waals surface area (Å²) in [6, 6.07) is 0.427. The lowest BCUT2D eigenvalue weighted by Crippen LogP contribution is -2.44. The van der Waals surface area contributed by atoms with E-state index in [4.69, 9.17) is 0 Å². The first kappa shape index (κ1) is 22.5. The first-order chi connectivity index (χ1) is 11.4. The molecule has 2 N–H and O–H groups in total. The summed E-state index contributed by atoms with van der Waals surface area (Å²) < 4.78 is 37.6. The SMILES string of the molecule is CCNC(=NCCc1nc(C(F)(F)F)cs1)NC1CCC(C)CC1.I. The normalized spacial score (nSPS) is 21.6. The van der Waals surface area contributed by atoms with Gasteiger partial charge in [0.2, 0.25) is 0 Å². The molecule has 2 rings (SSSR count). The quantitative estimate of drug-likeness (QED) is 0.364. The molecule has 1 heterocycles. The Hall–Kier alpha value is -0.580. The second-order valence-electron chi connectivity index (χ2n) is 6.24. The molecule has 1 fully saturated rings. The van der Waals surface area contributed by atoms with E-state index in [1.54, 1.807) is 0 Å². The largest absolute Gasteiger partial charge is 0.434 e. The van der Waals surface area contributed by atoms with Crippen molar-refractivity contribution in [1.29, 1.82) is 0 Å². The molecule has 0 atom stereocenters. The van der Waals surface area contributed by atoms with Crippen LogP contribution in [0.15, 0.2) is 10.4 Å². The molecule has 1 aliphatic rings. The fraction of sp³-hybridized carbons (Fsp3) is 0.750. The van der Waals surface area contributed by atoms with Crippen molar-refractivity contribution in [3.05, 3.63) is 16.1 Å². The Labute approximate surface area is 168 Å². The van der Waals surface area contributed by atoms with Crippen molar-refractivity contribution in [2.24, 2.45) is 10.9 Å². The van der Waals surface area contributed by atoms with Crippen molar-refractivity contribution in [3.63, 3.8) is 0 Å². The van der Waals surface area contributed by atoms with E-state index < -0.39 is 11.9 Å². The monoisotopic (exact) mass is 490 g/mol. The van der Waals surface area contributed by atoms with E-state index in [1.807, 2.05) is 6.92 Å². The van der Waals surface area contributed by atoms with E-state index in [0.717, 1.165) is 48.0 Å². The molecule has 0 bridgehead atoms. The molecule has 0 radical (unpaired) electrons. The van der Waals surface area contributed by atoms with Gasteiger partial charge in [0, 0.05) is 30.9 Å². The molecule has 0 spiro atoms. The van der Waals surface area contributed by atoms with Crippen molar-refractivity contribution in [2.45, 2.75) is 58.2 Å². The number of guanidine groups is 1. The van der Waals surface area contributed by atoms with Gasteiger partial charge in [0.1, 0.15) is 0 Å². The highest BCUT2D eigenvalue weighted by molar-refractivity contribution is 14.0. The van der Waals surface area contributed by atoms with Crippen molar-refractivity contribution in [3.8, 4) is 0 Å². The maximum absolute atomic E-state index is 12.5. The maximum atomic E-state index is 12.5. The van der Waals surface area contributed by atoms with Crippen LogP contribution in [-0.4, -0.2) is 30.1 Å². The highest BCUT2D eigenvalue weighted by atomic mass is 127. The van der Waals surface area contributed by atoms with Gasteiger partial charge in [-0.1, -0.05) is 6.92 Å². The van der Waals surface area contributed by atoms with Crippen LogP contribution >= 0.6 is 35.3 Å². The van der Waals surface area contributed by atoms with Gasteiger partial charge in [-0.25, -0.2) is 4.98 Å². The van der Waals surface area contributed by atoms with E-state index in [1.165, 1.54) is 12.8 Å². The van der Waals surface area contributed by atoms with Gasteiger partial charge in [0.15, 0.2) is 11.7 Å². The van der Waals surface area contributed by atoms with Gasteiger partial charge in [-0.15, -0.1) is 35.3 Å². The average Bonchev–Trinajstić information content (AvgIpc) is 2.99. The van der Waals surface area contributed by atoms with Crippen LogP contribution in [-0.2, 0) is 12.6 Å². The first-order valence-corrected chi connectivity index (χ1v) is 9.33. The molecule has 1 aromatic heterocycles. The number of thiazole rings is 1. The van der Waals surface area contributed by atoms with Crippen LogP contribution in [0.4, 0.5) is 13.2 Å². The standard InChI is InChI=1S/C16H25F3N4S.HI/c1-3-20-15(22-12-6-4-11(2)5-7-12)21-9-8-14-23-13(10-24-14)16(17,18)19;/h10-12H,3-9H2,1-2H3,(H2,20,21,22);1H. The Morgan fingerprint density at radius 1 is 1.32 bits per heavy atom. The van der Waals surface area contributed by atoms with E-state index in [-0.39, 0.29) is 24.0 Å². The molecule has 4 nitrogen and oxygen atoms in total. The van der Waals surface area contributed by atoms with Gasteiger partial charge < -0.3 is 10.6 Å². The van der Waals surface area contributed by atoms with Crippen molar-refractivity contribution < 1.29 is 13.2 Å². The predicted molar refractivity (Wildman–Crippen MR) is 107 cm³/mol. The minimum Gasteiger partial charge on any atom is -0.357 e. The van der Waals surface area contributed by atoms with E-state index in [0.29, 0.717) is 24.0 Å². The molecule has 1 saturated carbocycles. The number of hydrogen-bond donors (Lipinski definition) is 2. The lowest BCUT2D eigenvalue weighted by atomic mass is 9.87. The second-order valence-corrected chi connectivity index (χ2v) is 7.18. The molecule has 144 valence electrons. The Balaban J connectivity index is 0.00000312. The second kappa shape index (κ2) is 10.5. The van der Waals surface area contributed by atoms with Gasteiger partial charge in [0.25, 0.3) is 0 Å². The van der Waals surface area contributed by atoms with Gasteiger partial charge in [0.05, 0.1) is 5.01 Å². The fourth-order valence-electron chi connectivity index (χ4n) is 2.74. The summed E-state index contributed by atoms with van der Waals surface area (Å²) in [4.78, 5) is 8.10. The molecule has 0 saturated heterocycles. The number of alkyl halides is 3. The lowest BCUT2D eigenvalue weighted by molar-refractivity contribution is -0.140. The van der Waals surface area contributed by atoms with Crippen molar-refractivity contribution in [1.82, 2.24) is 15.6 Å². The Bertz CT molecular complexity index is 540. The topological polar surface area (TPSA) is 49.3 Å². The molecule has 9 heteroatoms. The number of nitrogens with one attached hydrogen (secondary N) is 2. The van der Waals surface area contributed by atoms with Gasteiger partial charge in [-0.3, -0.25) is 4.99 Å². The molecule has 1 aliphatic carbocycles. The minimum atomic E-state index is -4.37. The summed E-state index contributed by atoms with van der Waals surface area (Å²) in [5, 5.41) is 8.16. The number of halogens is 4. The summed E-state index contributed by atoms with van der Waals surface area (Å²) in [7, 11) is 0. The smallest absolute Gasteiger partial charge is 0.357 e. The molecule has 0 aromatic carbocycles. The summed E-state index contributed by atoms with van der Waals surface area (Å²) in [6.45, 7) is 5.45. The van der Waals surface area contributed by atoms with Crippen LogP contribution in [0.3, 0.4) is 0 Å². The number of nitrogens with zero attached hydrogens (tertiary/aromatic N) is 2.